The molecule has 0 saturated heterocycles. The van der Waals surface area contributed by atoms with Gasteiger partial charge in [0.25, 0.3) is 5.91 Å². The third kappa shape index (κ3) is 5.74. The Morgan fingerprint density at radius 1 is 1.05 bits per heavy atom. The van der Waals surface area contributed by atoms with E-state index in [2.05, 4.69) is 20.9 Å². The van der Waals surface area contributed by atoms with Gasteiger partial charge in [0, 0.05) is 61.0 Å². The Hall–Kier alpha value is -5.52. The molecule has 12 heteroatoms. The van der Waals surface area contributed by atoms with E-state index in [0.29, 0.717) is 28.2 Å². The number of fused-ring (bicyclic) bond motifs is 2. The third-order valence-electron chi connectivity index (χ3n) is 7.51. The summed E-state index contributed by atoms with van der Waals surface area (Å²) in [7, 11) is 9.29. The Labute approximate surface area is 253 Å². The predicted octanol–water partition coefficient (Wildman–Crippen LogP) is 2.83. The van der Waals surface area contributed by atoms with Crippen molar-refractivity contribution < 1.29 is 23.9 Å². The van der Waals surface area contributed by atoms with Gasteiger partial charge in [0.1, 0.15) is 37.2 Å². The fourth-order valence-corrected chi connectivity index (χ4v) is 4.98. The lowest BCUT2D eigenvalue weighted by molar-refractivity contribution is -0.123. The van der Waals surface area contributed by atoms with E-state index in [4.69, 9.17) is 4.42 Å². The lowest BCUT2D eigenvalue weighted by Crippen LogP contribution is -2.28. The van der Waals surface area contributed by atoms with Crippen LogP contribution < -0.4 is 25.5 Å². The van der Waals surface area contributed by atoms with Crippen LogP contribution in [0.5, 0.6) is 0 Å². The van der Waals surface area contributed by atoms with Gasteiger partial charge in [0.2, 0.25) is 11.3 Å². The molecule has 0 spiro atoms. The van der Waals surface area contributed by atoms with Crippen molar-refractivity contribution in [3.8, 4) is 22.5 Å². The first kappa shape index (κ1) is 30.0. The van der Waals surface area contributed by atoms with E-state index in [-0.39, 0.29) is 23.6 Å². The number of carbonyl (C=O) groups is 3. The van der Waals surface area contributed by atoms with E-state index in [1.807, 2.05) is 74.1 Å². The topological polar surface area (TPSA) is 146 Å². The lowest BCUT2D eigenvalue weighted by atomic mass is 9.89. The largest absolute Gasteiger partial charge is 0.478 e. The molecular formula is C32H34N7O5+. The average molecular weight is 597 g/mol. The molecule has 2 amide bonds. The molecule has 1 aliphatic heterocycles. The number of carboxylic acids is 1. The number of likely N-dealkylation sites (N-methyl/N-ethyl adjacent to an activating group) is 1. The fourth-order valence-electron chi connectivity index (χ4n) is 4.98. The number of hydrogen-bond acceptors (Lipinski definition) is 7. The van der Waals surface area contributed by atoms with E-state index >= 15 is 0 Å². The molecule has 5 rings (SSSR count). The van der Waals surface area contributed by atoms with Gasteiger partial charge in [0.05, 0.1) is 24.4 Å². The standard InChI is InChI=1S/C32H33N7O5/c1-18(30(40)33-2)39-17-20(35-36-39)16-34-31(41)19-7-10-23(26(13-19)32(42)43)29-24-11-8-21(37(3)4)14-27(24)44-28-15-22(38(5)6)9-12-25(28)29/h7-15,17-18H,16H2,1-6H3,(H2-,33,34,40,41,42,43)/p+1. The first-order chi connectivity index (χ1) is 21.0. The molecule has 44 heavy (non-hydrogen) atoms. The zero-order valence-electron chi connectivity index (χ0n) is 25.4. The summed E-state index contributed by atoms with van der Waals surface area (Å²) >= 11 is 0. The fraction of sp³-hybridized carbons (Fsp3) is 0.250. The molecule has 1 unspecified atom stereocenters. The summed E-state index contributed by atoms with van der Waals surface area (Å²) in [4.78, 5) is 39.6. The molecule has 0 fully saturated rings. The predicted molar refractivity (Wildman–Crippen MR) is 167 cm³/mol. The van der Waals surface area contributed by atoms with Gasteiger partial charge in [-0.05, 0) is 42.8 Å². The molecule has 1 aliphatic carbocycles. The Morgan fingerprint density at radius 3 is 2.48 bits per heavy atom. The highest BCUT2D eigenvalue weighted by atomic mass is 16.4. The van der Waals surface area contributed by atoms with Crippen LogP contribution in [0.25, 0.3) is 33.4 Å². The number of hydrogen-bond donors (Lipinski definition) is 3. The van der Waals surface area contributed by atoms with Crippen LogP contribution in [0.4, 0.5) is 5.69 Å². The summed E-state index contributed by atoms with van der Waals surface area (Å²) in [6.07, 6.45) is 1.58. The molecule has 12 nitrogen and oxygen atoms in total. The molecule has 226 valence electrons. The molecule has 1 aromatic heterocycles. The first-order valence-corrected chi connectivity index (χ1v) is 13.9. The van der Waals surface area contributed by atoms with Crippen molar-refractivity contribution >= 4 is 34.4 Å². The number of aromatic carboxylic acids is 1. The molecule has 3 N–H and O–H groups in total. The summed E-state index contributed by atoms with van der Waals surface area (Å²) in [6, 6.07) is 15.7. The number of amides is 2. The second-order valence-corrected chi connectivity index (χ2v) is 10.9. The molecule has 0 bridgehead atoms. The van der Waals surface area contributed by atoms with Crippen LogP contribution >= 0.6 is 0 Å². The second-order valence-electron chi connectivity index (χ2n) is 10.9. The Balaban J connectivity index is 1.55. The minimum Gasteiger partial charge on any atom is -0.478 e. The number of nitrogens with one attached hydrogen (secondary N) is 2. The van der Waals surface area contributed by atoms with Gasteiger partial charge < -0.3 is 25.1 Å². The maximum atomic E-state index is 13.1. The first-order valence-electron chi connectivity index (χ1n) is 13.9. The van der Waals surface area contributed by atoms with Crippen molar-refractivity contribution in [3.63, 3.8) is 0 Å². The van der Waals surface area contributed by atoms with E-state index in [9.17, 15) is 19.5 Å². The highest BCUT2D eigenvalue weighted by Crippen LogP contribution is 2.42. The van der Waals surface area contributed by atoms with E-state index in [0.717, 1.165) is 22.0 Å². The van der Waals surface area contributed by atoms with E-state index in [1.165, 1.54) is 17.8 Å². The highest BCUT2D eigenvalue weighted by molar-refractivity contribution is 6.09. The van der Waals surface area contributed by atoms with Gasteiger partial charge in [-0.15, -0.1) is 5.10 Å². The van der Waals surface area contributed by atoms with Crippen LogP contribution in [-0.2, 0) is 11.3 Å². The maximum absolute atomic E-state index is 13.1. The summed E-state index contributed by atoms with van der Waals surface area (Å²) in [5, 5.41) is 25.3. The minimum atomic E-state index is -1.17. The van der Waals surface area contributed by atoms with Crippen molar-refractivity contribution in [1.29, 1.82) is 0 Å². The SMILES string of the molecule is CNC(=O)C(C)n1cc(CNC(=O)c2ccc(-c3c4ccc(=[N+](C)C)cc-4oc4cc(N(C)C)ccc34)c(C(=O)O)c2)nn1. The van der Waals surface area contributed by atoms with E-state index < -0.39 is 17.9 Å². The Morgan fingerprint density at radius 2 is 1.80 bits per heavy atom. The number of carboxylic acid groups (broad SMARTS) is 1. The van der Waals surface area contributed by atoms with E-state index in [1.54, 1.807) is 25.3 Å². The van der Waals surface area contributed by atoms with Gasteiger partial charge in [-0.1, -0.05) is 11.3 Å². The molecule has 1 atom stereocenters. The van der Waals surface area contributed by atoms with Crippen molar-refractivity contribution in [3.05, 3.63) is 83.0 Å². The molecule has 2 aliphatic rings. The van der Waals surface area contributed by atoms with Crippen LogP contribution in [0.1, 0.15) is 39.4 Å². The Kier molecular flexibility index (Phi) is 8.17. The average Bonchev–Trinajstić information content (AvgIpc) is 3.49. The smallest absolute Gasteiger partial charge is 0.336 e. The van der Waals surface area contributed by atoms with Crippen molar-refractivity contribution in [2.75, 3.05) is 40.1 Å². The quantitative estimate of drug-likeness (QED) is 0.183. The number of rotatable bonds is 8. The van der Waals surface area contributed by atoms with Gasteiger partial charge in [-0.2, -0.15) is 0 Å². The molecule has 0 radical (unpaired) electrons. The van der Waals surface area contributed by atoms with Gasteiger partial charge >= 0.3 is 5.97 Å². The van der Waals surface area contributed by atoms with Gasteiger partial charge in [0.15, 0.2) is 0 Å². The molecule has 3 aromatic rings. The minimum absolute atomic E-state index is 0.0230. The number of carbonyl (C=O) groups excluding carboxylic acids is 2. The number of benzene rings is 3. The van der Waals surface area contributed by atoms with Crippen LogP contribution in [0.2, 0.25) is 0 Å². The molecular weight excluding hydrogens is 562 g/mol. The summed E-state index contributed by atoms with van der Waals surface area (Å²) in [5.41, 5.74) is 4.04. The van der Waals surface area contributed by atoms with Gasteiger partial charge in [-0.3, -0.25) is 9.59 Å². The zero-order valence-corrected chi connectivity index (χ0v) is 25.4. The molecule has 2 heterocycles. The van der Waals surface area contributed by atoms with Crippen LogP contribution in [0.3, 0.4) is 0 Å². The maximum Gasteiger partial charge on any atom is 0.336 e. The number of aromatic nitrogens is 3. The third-order valence-corrected chi connectivity index (χ3v) is 7.51. The zero-order chi connectivity index (χ0) is 31.7. The Bertz CT molecular complexity index is 1950. The normalized spacial score (nSPS) is 11.8. The van der Waals surface area contributed by atoms with Crippen LogP contribution in [0, 0.1) is 0 Å². The summed E-state index contributed by atoms with van der Waals surface area (Å²) in [6.45, 7) is 1.72. The lowest BCUT2D eigenvalue weighted by Gasteiger charge is -2.19. The number of anilines is 1. The van der Waals surface area contributed by atoms with Gasteiger partial charge in [-0.25, -0.2) is 14.1 Å². The van der Waals surface area contributed by atoms with Crippen LogP contribution in [0.15, 0.2) is 65.2 Å². The monoisotopic (exact) mass is 596 g/mol. The van der Waals surface area contributed by atoms with Crippen molar-refractivity contribution in [2.45, 2.75) is 19.5 Å². The molecule has 2 aromatic carbocycles. The van der Waals surface area contributed by atoms with Crippen LogP contribution in [-0.4, -0.2) is 73.1 Å². The van der Waals surface area contributed by atoms with Crippen molar-refractivity contribution in [1.82, 2.24) is 30.2 Å². The van der Waals surface area contributed by atoms with Crippen molar-refractivity contribution in [2.24, 2.45) is 0 Å². The summed E-state index contributed by atoms with van der Waals surface area (Å²) in [5.74, 6) is -1.27. The summed E-state index contributed by atoms with van der Waals surface area (Å²) < 4.78 is 9.73. The number of nitrogens with zero attached hydrogens (tertiary/aromatic N) is 5. The second kappa shape index (κ2) is 12.0. The molecule has 0 saturated carbocycles. The highest BCUT2D eigenvalue weighted by Gasteiger charge is 2.24.